The van der Waals surface area contributed by atoms with Gasteiger partial charge in [-0.2, -0.15) is 13.2 Å². The van der Waals surface area contributed by atoms with E-state index in [-0.39, 0.29) is 28.2 Å². The zero-order valence-corrected chi connectivity index (χ0v) is 15.7. The molecule has 8 heteroatoms. The summed E-state index contributed by atoms with van der Waals surface area (Å²) in [6.07, 6.45) is -3.88. The molecule has 0 aliphatic carbocycles. The first-order valence-corrected chi connectivity index (χ1v) is 9.70. The maximum Gasteiger partial charge on any atom is 0.451 e. The van der Waals surface area contributed by atoms with Crippen molar-refractivity contribution in [2.75, 3.05) is 10.7 Å². The lowest BCUT2D eigenvalue weighted by atomic mass is 10.1. The Morgan fingerprint density at radius 3 is 2.64 bits per heavy atom. The number of anilines is 1. The highest BCUT2D eigenvalue weighted by molar-refractivity contribution is 8.00. The molecule has 1 aliphatic heterocycles. The van der Waals surface area contributed by atoms with Gasteiger partial charge in [0.15, 0.2) is 0 Å². The molecule has 0 fully saturated rings. The lowest BCUT2D eigenvalue weighted by Crippen LogP contribution is -2.37. The number of halogens is 3. The highest BCUT2D eigenvalue weighted by atomic mass is 32.2. The first-order chi connectivity index (χ1) is 13.3. The molecule has 28 heavy (non-hydrogen) atoms. The molecular formula is C20H16F3N3OS. The van der Waals surface area contributed by atoms with Crippen LogP contribution in [0.15, 0.2) is 53.6 Å². The lowest BCUT2D eigenvalue weighted by Gasteiger charge is -2.22. The number of para-hydroxylation sites is 2. The third-order valence-electron chi connectivity index (χ3n) is 4.63. The van der Waals surface area contributed by atoms with E-state index >= 15 is 0 Å². The van der Waals surface area contributed by atoms with Crippen LogP contribution < -0.4 is 4.90 Å². The first-order valence-electron chi connectivity index (χ1n) is 8.71. The van der Waals surface area contributed by atoms with Crippen LogP contribution in [0.5, 0.6) is 0 Å². The molecule has 1 aliphatic rings. The Balaban J connectivity index is 1.62. The fourth-order valence-electron chi connectivity index (χ4n) is 3.43. The molecule has 4 nitrogen and oxygen atoms in total. The van der Waals surface area contributed by atoms with E-state index in [1.54, 1.807) is 23.1 Å². The number of alkyl halides is 3. The first kappa shape index (κ1) is 18.7. The van der Waals surface area contributed by atoms with E-state index in [0.717, 1.165) is 29.4 Å². The predicted octanol–water partition coefficient (Wildman–Crippen LogP) is 4.72. The number of aromatic nitrogens is 2. The van der Waals surface area contributed by atoms with Crippen molar-refractivity contribution in [1.29, 1.82) is 0 Å². The minimum Gasteiger partial charge on any atom is -0.308 e. The zero-order valence-electron chi connectivity index (χ0n) is 14.9. The Morgan fingerprint density at radius 1 is 1.14 bits per heavy atom. The van der Waals surface area contributed by atoms with Crippen molar-refractivity contribution in [3.05, 3.63) is 59.9 Å². The molecule has 0 N–H and O–H groups in total. The Hall–Kier alpha value is -2.61. The van der Waals surface area contributed by atoms with Crippen molar-refractivity contribution >= 4 is 34.3 Å². The van der Waals surface area contributed by atoms with Gasteiger partial charge >= 0.3 is 6.18 Å². The van der Waals surface area contributed by atoms with Gasteiger partial charge < -0.3 is 4.90 Å². The van der Waals surface area contributed by atoms with E-state index in [0.29, 0.717) is 5.39 Å². The molecule has 144 valence electrons. The monoisotopic (exact) mass is 403 g/mol. The van der Waals surface area contributed by atoms with Crippen molar-refractivity contribution in [3.63, 3.8) is 0 Å². The van der Waals surface area contributed by atoms with Gasteiger partial charge in [0, 0.05) is 17.1 Å². The van der Waals surface area contributed by atoms with Gasteiger partial charge in [0.2, 0.25) is 11.7 Å². The van der Waals surface area contributed by atoms with E-state index < -0.39 is 12.0 Å². The van der Waals surface area contributed by atoms with Crippen molar-refractivity contribution in [2.24, 2.45) is 0 Å². The molecule has 0 bridgehead atoms. The average Bonchev–Trinajstić information content (AvgIpc) is 3.00. The number of hydrogen-bond donors (Lipinski definition) is 0. The van der Waals surface area contributed by atoms with Gasteiger partial charge in [-0.1, -0.05) is 48.2 Å². The molecule has 2 aromatic carbocycles. The third-order valence-corrected chi connectivity index (χ3v) is 5.61. The average molecular weight is 403 g/mol. The molecule has 0 saturated carbocycles. The maximum atomic E-state index is 13.1. The number of rotatable bonds is 3. The SMILES string of the molecule is C[C@H]1Cc2ccccc2N1C(=O)CSc1nc(C(F)(F)F)nc2ccccc12. The van der Waals surface area contributed by atoms with Crippen LogP contribution in [0, 0.1) is 0 Å². The summed E-state index contributed by atoms with van der Waals surface area (Å²) in [7, 11) is 0. The molecule has 1 atom stereocenters. The van der Waals surface area contributed by atoms with Gasteiger partial charge in [0.1, 0.15) is 5.03 Å². The molecule has 0 unspecified atom stereocenters. The standard InChI is InChI=1S/C20H16F3N3OS/c1-12-10-13-6-2-5-9-16(13)26(12)17(27)11-28-18-14-7-3-4-8-15(14)24-19(25-18)20(21,22)23/h2-9,12H,10-11H2,1H3/t12-/m0/s1. The summed E-state index contributed by atoms with van der Waals surface area (Å²) < 4.78 is 39.4. The number of nitrogens with zero attached hydrogens (tertiary/aromatic N) is 3. The van der Waals surface area contributed by atoms with Crippen LogP contribution in [0.25, 0.3) is 10.9 Å². The fraction of sp³-hybridized carbons (Fsp3) is 0.250. The maximum absolute atomic E-state index is 13.1. The fourth-order valence-corrected chi connectivity index (χ4v) is 4.31. The third kappa shape index (κ3) is 3.44. The van der Waals surface area contributed by atoms with Gasteiger partial charge in [-0.15, -0.1) is 0 Å². The second-order valence-corrected chi connectivity index (χ2v) is 7.57. The van der Waals surface area contributed by atoms with Crippen LogP contribution in [-0.4, -0.2) is 27.7 Å². The highest BCUT2D eigenvalue weighted by Gasteiger charge is 2.36. The second kappa shape index (κ2) is 7.09. The Labute approximate surface area is 163 Å². The van der Waals surface area contributed by atoms with Crippen LogP contribution in [0.1, 0.15) is 18.3 Å². The zero-order chi connectivity index (χ0) is 19.9. The number of amides is 1. The topological polar surface area (TPSA) is 46.1 Å². The summed E-state index contributed by atoms with van der Waals surface area (Å²) >= 11 is 1.01. The lowest BCUT2D eigenvalue weighted by molar-refractivity contribution is -0.145. The highest BCUT2D eigenvalue weighted by Crippen LogP contribution is 2.35. The van der Waals surface area contributed by atoms with Crippen LogP contribution in [0.2, 0.25) is 0 Å². The smallest absolute Gasteiger partial charge is 0.308 e. The van der Waals surface area contributed by atoms with Crippen LogP contribution in [0.3, 0.4) is 0 Å². The minimum atomic E-state index is -4.65. The quantitative estimate of drug-likeness (QED) is 0.469. The molecule has 4 rings (SSSR count). The summed E-state index contributed by atoms with van der Waals surface area (Å²) in [5.41, 5.74) is 2.17. The second-order valence-electron chi connectivity index (χ2n) is 6.60. The molecule has 1 aromatic heterocycles. The molecule has 3 aromatic rings. The largest absolute Gasteiger partial charge is 0.451 e. The predicted molar refractivity (Wildman–Crippen MR) is 102 cm³/mol. The number of carbonyl (C=O) groups excluding carboxylic acids is 1. The van der Waals surface area contributed by atoms with Gasteiger partial charge in [-0.25, -0.2) is 9.97 Å². The van der Waals surface area contributed by atoms with Crippen molar-refractivity contribution in [2.45, 2.75) is 30.6 Å². The van der Waals surface area contributed by atoms with Crippen molar-refractivity contribution < 1.29 is 18.0 Å². The summed E-state index contributed by atoms with van der Waals surface area (Å²) in [4.78, 5) is 21.9. The van der Waals surface area contributed by atoms with E-state index in [4.69, 9.17) is 0 Å². The van der Waals surface area contributed by atoms with E-state index in [2.05, 4.69) is 9.97 Å². The van der Waals surface area contributed by atoms with Gasteiger partial charge in [0.05, 0.1) is 11.3 Å². The Morgan fingerprint density at radius 2 is 1.86 bits per heavy atom. The molecule has 1 amide bonds. The number of fused-ring (bicyclic) bond motifs is 2. The summed E-state index contributed by atoms with van der Waals surface area (Å²) in [6, 6.07) is 14.2. The summed E-state index contributed by atoms with van der Waals surface area (Å²) in [5, 5.41) is 0.662. The van der Waals surface area contributed by atoms with Crippen LogP contribution in [0.4, 0.5) is 18.9 Å². The minimum absolute atomic E-state index is 0.00300. The van der Waals surface area contributed by atoms with E-state index in [9.17, 15) is 18.0 Å². The van der Waals surface area contributed by atoms with E-state index in [1.807, 2.05) is 31.2 Å². The Kier molecular flexibility index (Phi) is 4.74. The molecule has 0 saturated heterocycles. The number of benzene rings is 2. The number of thioether (sulfide) groups is 1. The molecule has 0 radical (unpaired) electrons. The Bertz CT molecular complexity index is 1050. The summed E-state index contributed by atoms with van der Waals surface area (Å²) in [6.45, 7) is 1.96. The summed E-state index contributed by atoms with van der Waals surface area (Å²) in [5.74, 6) is -1.35. The van der Waals surface area contributed by atoms with Crippen LogP contribution in [-0.2, 0) is 17.4 Å². The van der Waals surface area contributed by atoms with Crippen molar-refractivity contribution in [3.8, 4) is 0 Å². The molecule has 2 heterocycles. The molecular weight excluding hydrogens is 387 g/mol. The molecule has 0 spiro atoms. The number of carbonyl (C=O) groups is 1. The van der Waals surface area contributed by atoms with Crippen LogP contribution >= 0.6 is 11.8 Å². The van der Waals surface area contributed by atoms with E-state index in [1.165, 1.54) is 6.07 Å². The van der Waals surface area contributed by atoms with Crippen molar-refractivity contribution in [1.82, 2.24) is 9.97 Å². The van der Waals surface area contributed by atoms with Gasteiger partial charge in [-0.05, 0) is 31.0 Å². The van der Waals surface area contributed by atoms with Gasteiger partial charge in [-0.3, -0.25) is 4.79 Å². The normalized spacial score (nSPS) is 16.4. The van der Waals surface area contributed by atoms with Gasteiger partial charge in [0.25, 0.3) is 0 Å². The number of hydrogen-bond acceptors (Lipinski definition) is 4.